The Kier molecular flexibility index (Phi) is 5.01. The van der Waals surface area contributed by atoms with Crippen LogP contribution in [0, 0.1) is 0 Å². The normalized spacial score (nSPS) is 26.3. The van der Waals surface area contributed by atoms with Gasteiger partial charge in [0.05, 0.1) is 33.7 Å². The molecule has 10 heteroatoms. The lowest BCUT2D eigenvalue weighted by Gasteiger charge is -2.21. The van der Waals surface area contributed by atoms with E-state index >= 15 is 0 Å². The fraction of sp³-hybridized carbons (Fsp3) is 0.278. The van der Waals surface area contributed by atoms with Crippen molar-refractivity contribution in [2.75, 3.05) is 23.0 Å². The molecule has 6 nitrogen and oxygen atoms in total. The average Bonchev–Trinajstić information content (AvgIpc) is 3.20. The van der Waals surface area contributed by atoms with Crippen LogP contribution in [-0.4, -0.2) is 53.5 Å². The molecule has 3 heterocycles. The molecule has 3 aliphatic rings. The predicted octanol–water partition coefficient (Wildman–Crippen LogP) is 2.74. The number of nitrogens with zero attached hydrogens (tertiary/aromatic N) is 2. The molecule has 146 valence electrons. The summed E-state index contributed by atoms with van der Waals surface area (Å²) >= 11 is 9.86. The van der Waals surface area contributed by atoms with E-state index in [9.17, 15) is 18.0 Å². The van der Waals surface area contributed by atoms with Crippen molar-refractivity contribution in [3.63, 3.8) is 0 Å². The van der Waals surface area contributed by atoms with Gasteiger partial charge in [-0.3, -0.25) is 14.5 Å². The Balaban J connectivity index is 1.80. The number of rotatable bonds is 3. The Bertz CT molecular complexity index is 1080. The molecule has 2 amide bonds. The van der Waals surface area contributed by atoms with Crippen molar-refractivity contribution >= 4 is 77.1 Å². The molecule has 0 aliphatic carbocycles. The van der Waals surface area contributed by atoms with Gasteiger partial charge in [0.2, 0.25) is 0 Å². The van der Waals surface area contributed by atoms with E-state index in [2.05, 4.69) is 22.5 Å². The zero-order chi connectivity index (χ0) is 20.2. The Labute approximate surface area is 180 Å². The third-order valence-electron chi connectivity index (χ3n) is 4.89. The van der Waals surface area contributed by atoms with E-state index < -0.39 is 21.8 Å². The highest BCUT2D eigenvalue weighted by Gasteiger charge is 2.46. The van der Waals surface area contributed by atoms with Gasteiger partial charge in [0.25, 0.3) is 11.8 Å². The van der Waals surface area contributed by atoms with Crippen molar-refractivity contribution < 1.29 is 18.0 Å². The molecule has 0 spiro atoms. The van der Waals surface area contributed by atoms with Gasteiger partial charge in [-0.15, -0.1) is 6.58 Å². The van der Waals surface area contributed by atoms with Crippen LogP contribution < -0.4 is 4.90 Å². The molecule has 0 N–H and O–H groups in total. The molecule has 2 saturated heterocycles. The highest BCUT2D eigenvalue weighted by Crippen LogP contribution is 2.46. The van der Waals surface area contributed by atoms with Crippen molar-refractivity contribution in [3.8, 4) is 0 Å². The lowest BCUT2D eigenvalue weighted by molar-refractivity contribution is -0.123. The summed E-state index contributed by atoms with van der Waals surface area (Å²) in [7, 11) is -3.17. The summed E-state index contributed by atoms with van der Waals surface area (Å²) in [5.41, 5.74) is 1.66. The number of halogens is 1. The number of hydrogen-bond donors (Lipinski definition) is 0. The van der Waals surface area contributed by atoms with Gasteiger partial charge in [0, 0.05) is 16.6 Å². The molecule has 2 fully saturated rings. The summed E-state index contributed by atoms with van der Waals surface area (Å²) in [5, 5.41) is 0. The van der Waals surface area contributed by atoms with E-state index in [-0.39, 0.29) is 22.3 Å². The van der Waals surface area contributed by atoms with Gasteiger partial charge in [-0.25, -0.2) is 8.42 Å². The van der Waals surface area contributed by atoms with Crippen molar-refractivity contribution in [1.29, 1.82) is 0 Å². The SMILES string of the molecule is C=CCN1C(=O)C(=C2SC(=S)N(C3CCS(=O)(=O)C3)C2=O)c2cc(Br)ccc21. The quantitative estimate of drug-likeness (QED) is 0.362. The molecule has 1 atom stereocenters. The van der Waals surface area contributed by atoms with Crippen molar-refractivity contribution in [2.24, 2.45) is 0 Å². The Hall–Kier alpha value is -1.49. The molecule has 0 aromatic heterocycles. The highest BCUT2D eigenvalue weighted by molar-refractivity contribution is 9.10. The third-order valence-corrected chi connectivity index (χ3v) is 8.53. The number of amides is 2. The number of carbonyl (C=O) groups is 2. The summed E-state index contributed by atoms with van der Waals surface area (Å²) in [6, 6.07) is 4.98. The first-order valence-corrected chi connectivity index (χ1v) is 12.3. The Morgan fingerprint density at radius 2 is 2.07 bits per heavy atom. The maximum absolute atomic E-state index is 13.2. The van der Waals surface area contributed by atoms with Crippen LogP contribution in [0.2, 0.25) is 0 Å². The molecular weight excluding hydrogens is 484 g/mol. The van der Waals surface area contributed by atoms with E-state index in [1.54, 1.807) is 17.0 Å². The predicted molar refractivity (Wildman–Crippen MR) is 118 cm³/mol. The first-order chi connectivity index (χ1) is 13.2. The number of thioether (sulfide) groups is 1. The summed E-state index contributed by atoms with van der Waals surface area (Å²) in [6.07, 6.45) is 1.98. The molecule has 0 saturated carbocycles. The minimum atomic E-state index is -3.17. The highest BCUT2D eigenvalue weighted by atomic mass is 79.9. The van der Waals surface area contributed by atoms with Crippen molar-refractivity contribution in [1.82, 2.24) is 4.90 Å². The Morgan fingerprint density at radius 1 is 1.32 bits per heavy atom. The van der Waals surface area contributed by atoms with E-state index in [1.807, 2.05) is 12.1 Å². The molecule has 1 unspecified atom stereocenters. The molecule has 1 aromatic carbocycles. The van der Waals surface area contributed by atoms with Crippen LogP contribution in [0.15, 0.2) is 40.2 Å². The van der Waals surface area contributed by atoms with Crippen LogP contribution in [0.25, 0.3) is 5.57 Å². The van der Waals surface area contributed by atoms with Crippen LogP contribution in [0.5, 0.6) is 0 Å². The van der Waals surface area contributed by atoms with Gasteiger partial charge in [-0.05, 0) is 24.6 Å². The zero-order valence-corrected chi connectivity index (χ0v) is 18.6. The van der Waals surface area contributed by atoms with Crippen molar-refractivity contribution in [3.05, 3.63) is 45.8 Å². The van der Waals surface area contributed by atoms with Crippen LogP contribution in [0.3, 0.4) is 0 Å². The average molecular weight is 499 g/mol. The molecule has 0 bridgehead atoms. The standard InChI is InChI=1S/C18H15BrN2O4S3/c1-2-6-20-13-4-3-10(19)8-12(13)14(16(20)22)15-17(23)21(18(26)27-15)11-5-7-28(24,25)9-11/h2-4,8,11H,1,5-7,9H2. The summed E-state index contributed by atoms with van der Waals surface area (Å²) in [4.78, 5) is 29.5. The maximum Gasteiger partial charge on any atom is 0.267 e. The van der Waals surface area contributed by atoms with Crippen LogP contribution in [-0.2, 0) is 19.4 Å². The number of carbonyl (C=O) groups excluding carboxylic acids is 2. The first kappa shape index (κ1) is 19.8. The van der Waals surface area contributed by atoms with E-state index in [1.165, 1.54) is 4.90 Å². The molecule has 3 aliphatic heterocycles. The van der Waals surface area contributed by atoms with Crippen LogP contribution in [0.1, 0.15) is 12.0 Å². The van der Waals surface area contributed by atoms with Gasteiger partial charge >= 0.3 is 0 Å². The number of fused-ring (bicyclic) bond motifs is 1. The van der Waals surface area contributed by atoms with Gasteiger partial charge in [0.1, 0.15) is 4.32 Å². The summed E-state index contributed by atoms with van der Waals surface area (Å²) in [6.45, 7) is 4.02. The second-order valence-corrected chi connectivity index (χ2v) is 11.5. The molecule has 28 heavy (non-hydrogen) atoms. The van der Waals surface area contributed by atoms with Crippen molar-refractivity contribution in [2.45, 2.75) is 12.5 Å². The summed E-state index contributed by atoms with van der Waals surface area (Å²) in [5.74, 6) is -0.734. The number of hydrogen-bond acceptors (Lipinski definition) is 6. The minimum Gasteiger partial charge on any atom is -0.304 e. The van der Waals surface area contributed by atoms with Gasteiger partial charge in [-0.1, -0.05) is 46.0 Å². The third kappa shape index (κ3) is 3.16. The van der Waals surface area contributed by atoms with E-state index in [0.717, 1.165) is 16.2 Å². The first-order valence-electron chi connectivity index (χ1n) is 8.46. The monoisotopic (exact) mass is 498 g/mol. The van der Waals surface area contributed by atoms with E-state index in [0.29, 0.717) is 34.1 Å². The van der Waals surface area contributed by atoms with Gasteiger partial charge in [0.15, 0.2) is 9.84 Å². The summed E-state index contributed by atoms with van der Waals surface area (Å²) < 4.78 is 24.8. The smallest absolute Gasteiger partial charge is 0.267 e. The van der Waals surface area contributed by atoms with Crippen LogP contribution >= 0.6 is 39.9 Å². The number of thiocarbonyl (C=S) groups is 1. The van der Waals surface area contributed by atoms with Gasteiger partial charge in [-0.2, -0.15) is 0 Å². The number of sulfone groups is 1. The second-order valence-electron chi connectivity index (χ2n) is 6.67. The number of benzene rings is 1. The lowest BCUT2D eigenvalue weighted by Crippen LogP contribution is -2.39. The molecular formula is C18H15BrN2O4S3. The Morgan fingerprint density at radius 3 is 2.71 bits per heavy atom. The minimum absolute atomic E-state index is 0.0441. The lowest BCUT2D eigenvalue weighted by atomic mass is 10.1. The van der Waals surface area contributed by atoms with Crippen LogP contribution in [0.4, 0.5) is 5.69 Å². The molecule has 4 rings (SSSR count). The van der Waals surface area contributed by atoms with E-state index in [4.69, 9.17) is 12.2 Å². The largest absolute Gasteiger partial charge is 0.304 e. The fourth-order valence-corrected chi connectivity index (χ4v) is 7.19. The molecule has 0 radical (unpaired) electrons. The number of anilines is 1. The zero-order valence-electron chi connectivity index (χ0n) is 14.6. The fourth-order valence-electron chi connectivity index (χ4n) is 3.66. The maximum atomic E-state index is 13.2. The second kappa shape index (κ2) is 7.08. The molecule has 1 aromatic rings. The van der Waals surface area contributed by atoms with Gasteiger partial charge < -0.3 is 4.90 Å². The topological polar surface area (TPSA) is 74.8 Å².